The lowest BCUT2D eigenvalue weighted by atomic mass is 10.2. The van der Waals surface area contributed by atoms with Crippen LogP contribution in [0.25, 0.3) is 0 Å². The summed E-state index contributed by atoms with van der Waals surface area (Å²) in [6, 6.07) is 1.46. The summed E-state index contributed by atoms with van der Waals surface area (Å²) in [5, 5.41) is 5.77. The second kappa shape index (κ2) is 5.37. The van der Waals surface area contributed by atoms with E-state index >= 15 is 0 Å². The van der Waals surface area contributed by atoms with Crippen LogP contribution in [0.4, 0.5) is 0 Å². The molecule has 7 heteroatoms. The molecule has 0 aromatic carbocycles. The van der Waals surface area contributed by atoms with Crippen LogP contribution in [-0.2, 0) is 4.79 Å². The van der Waals surface area contributed by atoms with Gasteiger partial charge in [0, 0.05) is 15.9 Å². The molecule has 1 aromatic heterocycles. The first-order chi connectivity index (χ1) is 8.11. The maximum Gasteiger partial charge on any atom is 0.254 e. The highest BCUT2D eigenvalue weighted by Crippen LogP contribution is 2.35. The third-order valence-corrected chi connectivity index (χ3v) is 4.77. The molecule has 2 heterocycles. The van der Waals surface area contributed by atoms with E-state index in [1.165, 1.54) is 11.3 Å². The van der Waals surface area contributed by atoms with Crippen molar-refractivity contribution in [1.29, 1.82) is 0 Å². The van der Waals surface area contributed by atoms with Crippen molar-refractivity contribution in [2.24, 2.45) is 4.99 Å². The van der Waals surface area contributed by atoms with Crippen LogP contribution >= 0.6 is 38.9 Å². The zero-order valence-corrected chi connectivity index (χ0v) is 12.2. The Labute approximate surface area is 117 Å². The van der Waals surface area contributed by atoms with Crippen LogP contribution in [0.3, 0.4) is 0 Å². The number of aliphatic imine (C=N–C) groups is 1. The molecule has 0 radical (unpaired) electrons. The van der Waals surface area contributed by atoms with E-state index in [4.69, 9.17) is 11.6 Å². The molecule has 2 N–H and O–H groups in total. The Kier molecular flexibility index (Phi) is 4.06. The molecular weight excluding hydrogens is 326 g/mol. The minimum absolute atomic E-state index is 0.0923. The Morgan fingerprint density at radius 1 is 1.65 bits per heavy atom. The SMILES string of the molecule is CCCN=C1NC(=O)C(c2cc(Br)c(Cl)s2)N1. The van der Waals surface area contributed by atoms with E-state index in [1.54, 1.807) is 0 Å². The van der Waals surface area contributed by atoms with Gasteiger partial charge in [-0.15, -0.1) is 11.3 Å². The number of thiophene rings is 1. The molecule has 1 aliphatic rings. The fourth-order valence-electron chi connectivity index (χ4n) is 1.44. The molecule has 0 saturated carbocycles. The van der Waals surface area contributed by atoms with Gasteiger partial charge in [-0.2, -0.15) is 0 Å². The maximum absolute atomic E-state index is 11.8. The lowest BCUT2D eigenvalue weighted by Crippen LogP contribution is -2.25. The van der Waals surface area contributed by atoms with Gasteiger partial charge in [-0.3, -0.25) is 15.1 Å². The van der Waals surface area contributed by atoms with Crippen LogP contribution in [0.5, 0.6) is 0 Å². The van der Waals surface area contributed by atoms with E-state index in [2.05, 4.69) is 31.6 Å². The summed E-state index contributed by atoms with van der Waals surface area (Å²) in [5.74, 6) is 0.452. The Morgan fingerprint density at radius 3 is 3.00 bits per heavy atom. The summed E-state index contributed by atoms with van der Waals surface area (Å²) in [4.78, 5) is 16.9. The van der Waals surface area contributed by atoms with Gasteiger partial charge >= 0.3 is 0 Å². The average Bonchev–Trinajstić information content (AvgIpc) is 2.80. The summed E-state index contributed by atoms with van der Waals surface area (Å²) in [5.41, 5.74) is 0. The number of guanidine groups is 1. The Hall–Kier alpha value is -0.590. The van der Waals surface area contributed by atoms with Gasteiger partial charge in [0.15, 0.2) is 5.96 Å². The molecule has 0 aliphatic carbocycles. The van der Waals surface area contributed by atoms with Crippen molar-refractivity contribution in [3.05, 3.63) is 19.8 Å². The predicted molar refractivity (Wildman–Crippen MR) is 73.6 cm³/mol. The summed E-state index contributed by atoms with van der Waals surface area (Å²) in [6.07, 6.45) is 0.947. The third-order valence-electron chi connectivity index (χ3n) is 2.23. The molecule has 1 atom stereocenters. The first kappa shape index (κ1) is 12.9. The summed E-state index contributed by atoms with van der Waals surface area (Å²) >= 11 is 10.7. The van der Waals surface area contributed by atoms with Crippen LogP contribution in [0.1, 0.15) is 24.3 Å². The highest BCUT2D eigenvalue weighted by atomic mass is 79.9. The second-order valence-corrected chi connectivity index (χ2v) is 6.11. The van der Waals surface area contributed by atoms with Crippen molar-refractivity contribution in [2.45, 2.75) is 19.4 Å². The standard InChI is InChI=1S/C10H11BrClN3OS/c1-2-3-13-10-14-7(9(16)15-10)6-4-5(11)8(12)17-6/h4,7H,2-3H2,1H3,(H2,13,14,15,16). The molecule has 1 amide bonds. The highest BCUT2D eigenvalue weighted by molar-refractivity contribution is 9.10. The fraction of sp³-hybridized carbons (Fsp3) is 0.400. The van der Waals surface area contributed by atoms with E-state index in [0.29, 0.717) is 16.8 Å². The van der Waals surface area contributed by atoms with Crippen molar-refractivity contribution in [2.75, 3.05) is 6.54 Å². The van der Waals surface area contributed by atoms with Gasteiger partial charge in [-0.1, -0.05) is 18.5 Å². The first-order valence-corrected chi connectivity index (χ1v) is 7.17. The van der Waals surface area contributed by atoms with Crippen molar-refractivity contribution in [3.8, 4) is 0 Å². The number of rotatable bonds is 3. The molecule has 1 saturated heterocycles. The normalized spacial score (nSPS) is 21.7. The van der Waals surface area contributed by atoms with E-state index in [0.717, 1.165) is 15.8 Å². The van der Waals surface area contributed by atoms with Gasteiger partial charge in [-0.05, 0) is 28.4 Å². The van der Waals surface area contributed by atoms with E-state index in [-0.39, 0.29) is 11.9 Å². The maximum atomic E-state index is 11.8. The highest BCUT2D eigenvalue weighted by Gasteiger charge is 2.31. The molecule has 0 spiro atoms. The quantitative estimate of drug-likeness (QED) is 0.891. The van der Waals surface area contributed by atoms with Crippen molar-refractivity contribution >= 4 is 50.7 Å². The number of halogens is 2. The Morgan fingerprint density at radius 2 is 2.41 bits per heavy atom. The van der Waals surface area contributed by atoms with Crippen molar-refractivity contribution < 1.29 is 4.79 Å². The number of carbonyl (C=O) groups excluding carboxylic acids is 1. The molecule has 0 bridgehead atoms. The lowest BCUT2D eigenvalue weighted by molar-refractivity contribution is -0.120. The van der Waals surface area contributed by atoms with Crippen molar-refractivity contribution in [1.82, 2.24) is 10.6 Å². The minimum Gasteiger partial charge on any atom is -0.340 e. The topological polar surface area (TPSA) is 53.5 Å². The summed E-state index contributed by atoms with van der Waals surface area (Å²) in [7, 11) is 0. The largest absolute Gasteiger partial charge is 0.340 e. The molecule has 4 nitrogen and oxygen atoms in total. The van der Waals surface area contributed by atoms with Crippen LogP contribution in [0.2, 0.25) is 4.34 Å². The number of nitrogens with one attached hydrogen (secondary N) is 2. The van der Waals surface area contributed by atoms with Gasteiger partial charge in [0.1, 0.15) is 10.4 Å². The van der Waals surface area contributed by atoms with Gasteiger partial charge in [0.05, 0.1) is 0 Å². The number of amides is 1. The molecule has 2 rings (SSSR count). The van der Waals surface area contributed by atoms with E-state index < -0.39 is 0 Å². The smallest absolute Gasteiger partial charge is 0.254 e. The monoisotopic (exact) mass is 335 g/mol. The van der Waals surface area contributed by atoms with Gasteiger partial charge in [-0.25, -0.2) is 0 Å². The van der Waals surface area contributed by atoms with E-state index in [1.807, 2.05) is 13.0 Å². The predicted octanol–water partition coefficient (Wildman–Crippen LogP) is 2.69. The lowest BCUT2D eigenvalue weighted by Gasteiger charge is -2.03. The van der Waals surface area contributed by atoms with Gasteiger partial charge < -0.3 is 5.32 Å². The van der Waals surface area contributed by atoms with Gasteiger partial charge in [0.25, 0.3) is 5.91 Å². The van der Waals surface area contributed by atoms with Crippen LogP contribution in [0.15, 0.2) is 15.5 Å². The summed E-state index contributed by atoms with van der Waals surface area (Å²) in [6.45, 7) is 2.73. The number of carbonyl (C=O) groups is 1. The molecule has 1 aliphatic heterocycles. The molecular formula is C10H11BrClN3OS. The first-order valence-electron chi connectivity index (χ1n) is 5.18. The number of hydrogen-bond donors (Lipinski definition) is 2. The van der Waals surface area contributed by atoms with Gasteiger partial charge in [0.2, 0.25) is 0 Å². The van der Waals surface area contributed by atoms with Crippen molar-refractivity contribution in [3.63, 3.8) is 0 Å². The molecule has 17 heavy (non-hydrogen) atoms. The average molecular weight is 337 g/mol. The third kappa shape index (κ3) is 2.81. The molecule has 1 aromatic rings. The zero-order valence-electron chi connectivity index (χ0n) is 9.09. The molecule has 1 fully saturated rings. The fourth-order valence-corrected chi connectivity index (χ4v) is 3.23. The minimum atomic E-state index is -0.389. The number of nitrogens with zero attached hydrogens (tertiary/aromatic N) is 1. The Bertz CT molecular complexity index is 455. The van der Waals surface area contributed by atoms with E-state index in [9.17, 15) is 4.79 Å². The van der Waals surface area contributed by atoms with Crippen LogP contribution in [-0.4, -0.2) is 18.4 Å². The summed E-state index contributed by atoms with van der Waals surface area (Å²) < 4.78 is 1.46. The zero-order chi connectivity index (χ0) is 12.4. The van der Waals surface area contributed by atoms with Crippen LogP contribution in [0, 0.1) is 0 Å². The number of hydrogen-bond acceptors (Lipinski definition) is 3. The molecule has 1 unspecified atom stereocenters. The second-order valence-electron chi connectivity index (χ2n) is 3.57. The van der Waals surface area contributed by atoms with Crippen LogP contribution < -0.4 is 10.6 Å². The Balaban J connectivity index is 2.15. The molecule has 92 valence electrons.